The summed E-state index contributed by atoms with van der Waals surface area (Å²) in [4.78, 5) is 27.6. The fourth-order valence-electron chi connectivity index (χ4n) is 3.80. The number of amides is 1. The zero-order chi connectivity index (χ0) is 18.8. The molecule has 1 N–H and O–H groups in total. The molecule has 0 aromatic carbocycles. The fourth-order valence-corrected chi connectivity index (χ4v) is 5.08. The average molecular weight is 410 g/mol. The number of aromatic nitrogens is 2. The fraction of sp³-hybridized carbons (Fsp3) is 0.611. The van der Waals surface area contributed by atoms with Gasteiger partial charge in [-0.1, -0.05) is 0 Å². The van der Waals surface area contributed by atoms with Crippen molar-refractivity contribution in [3.05, 3.63) is 16.2 Å². The molecule has 0 bridgehead atoms. The summed E-state index contributed by atoms with van der Waals surface area (Å²) in [5.41, 5.74) is 0. The Hall–Kier alpha value is -1.48. The molecule has 2 aromatic heterocycles. The summed E-state index contributed by atoms with van der Waals surface area (Å²) >= 11 is 7.86. The molecule has 0 saturated carbocycles. The average Bonchev–Trinajstić information content (AvgIpc) is 3.10. The Kier molecular flexibility index (Phi) is 5.77. The van der Waals surface area contributed by atoms with Crippen molar-refractivity contribution < 1.29 is 9.53 Å². The first kappa shape index (κ1) is 18.9. The van der Waals surface area contributed by atoms with Gasteiger partial charge in [0.05, 0.1) is 18.6 Å². The molecule has 9 heteroatoms. The molecular weight excluding hydrogens is 386 g/mol. The first-order valence-electron chi connectivity index (χ1n) is 9.36. The third-order valence-corrected chi connectivity index (χ3v) is 6.47. The van der Waals surface area contributed by atoms with Gasteiger partial charge in [-0.15, -0.1) is 11.3 Å². The van der Waals surface area contributed by atoms with Gasteiger partial charge in [-0.2, -0.15) is 4.98 Å². The van der Waals surface area contributed by atoms with Gasteiger partial charge in [0.25, 0.3) is 0 Å². The quantitative estimate of drug-likeness (QED) is 0.780. The first-order valence-corrected chi connectivity index (χ1v) is 10.6. The van der Waals surface area contributed by atoms with Crippen LogP contribution in [-0.2, 0) is 16.1 Å². The minimum Gasteiger partial charge on any atom is -0.378 e. The Morgan fingerprint density at radius 2 is 2.04 bits per heavy atom. The molecule has 2 aliphatic heterocycles. The van der Waals surface area contributed by atoms with Crippen molar-refractivity contribution in [1.29, 1.82) is 0 Å². The second kappa shape index (κ2) is 8.26. The number of ether oxygens (including phenoxy) is 1. The third kappa shape index (κ3) is 4.18. The maximum Gasteiger partial charge on any atom is 0.225 e. The van der Waals surface area contributed by atoms with Gasteiger partial charge >= 0.3 is 0 Å². The summed E-state index contributed by atoms with van der Waals surface area (Å²) in [7, 11) is 1.71. The predicted molar refractivity (Wildman–Crippen MR) is 108 cm³/mol. The van der Waals surface area contributed by atoms with Crippen LogP contribution in [-0.4, -0.2) is 67.2 Å². The van der Waals surface area contributed by atoms with E-state index in [1.165, 1.54) is 4.88 Å². The highest BCUT2D eigenvalue weighted by molar-refractivity contribution is 7.18. The van der Waals surface area contributed by atoms with E-state index < -0.39 is 0 Å². The lowest BCUT2D eigenvalue weighted by Gasteiger charge is -2.30. The number of nitrogens with one attached hydrogen (secondary N) is 1. The summed E-state index contributed by atoms with van der Waals surface area (Å²) < 4.78 is 5.45. The minimum atomic E-state index is 0.145. The lowest BCUT2D eigenvalue weighted by Crippen LogP contribution is -2.39. The topological polar surface area (TPSA) is 70.6 Å². The number of nitrogens with zero attached hydrogens (tertiary/aromatic N) is 4. The predicted octanol–water partition coefficient (Wildman–Crippen LogP) is 2.14. The Bertz CT molecular complexity index is 815. The maximum absolute atomic E-state index is 11.8. The van der Waals surface area contributed by atoms with Crippen LogP contribution in [0.1, 0.15) is 17.7 Å². The molecule has 2 saturated heterocycles. The molecule has 27 heavy (non-hydrogen) atoms. The van der Waals surface area contributed by atoms with Crippen molar-refractivity contribution in [2.24, 2.45) is 5.92 Å². The number of carbonyl (C=O) groups is 1. The second-order valence-electron chi connectivity index (χ2n) is 7.01. The SMILES string of the molecule is CNC(=O)C1CCN(Cc2cc3c(N4CCOCC4)nc(Cl)nc3s2)CC1. The molecule has 0 radical (unpaired) electrons. The Labute approximate surface area is 167 Å². The Balaban J connectivity index is 1.49. The number of halogens is 1. The van der Waals surface area contributed by atoms with E-state index in [0.717, 1.165) is 61.6 Å². The molecule has 146 valence electrons. The van der Waals surface area contributed by atoms with Crippen LogP contribution in [0.5, 0.6) is 0 Å². The van der Waals surface area contributed by atoms with E-state index in [1.54, 1.807) is 18.4 Å². The molecule has 4 rings (SSSR count). The molecule has 2 aromatic rings. The minimum absolute atomic E-state index is 0.145. The number of carbonyl (C=O) groups excluding carboxylic acids is 1. The van der Waals surface area contributed by atoms with E-state index in [2.05, 4.69) is 31.2 Å². The van der Waals surface area contributed by atoms with Crippen molar-refractivity contribution in [1.82, 2.24) is 20.2 Å². The van der Waals surface area contributed by atoms with Gasteiger partial charge in [0.2, 0.25) is 11.2 Å². The molecule has 2 fully saturated rings. The van der Waals surface area contributed by atoms with Gasteiger partial charge in [-0.3, -0.25) is 9.69 Å². The third-order valence-electron chi connectivity index (χ3n) is 5.29. The lowest BCUT2D eigenvalue weighted by molar-refractivity contribution is -0.125. The zero-order valence-electron chi connectivity index (χ0n) is 15.4. The van der Waals surface area contributed by atoms with Gasteiger partial charge < -0.3 is 15.0 Å². The highest BCUT2D eigenvalue weighted by Crippen LogP contribution is 2.33. The van der Waals surface area contributed by atoms with Crippen molar-refractivity contribution in [2.45, 2.75) is 19.4 Å². The van der Waals surface area contributed by atoms with Crippen molar-refractivity contribution >= 4 is 44.9 Å². The molecule has 0 aliphatic carbocycles. The Morgan fingerprint density at radius 1 is 1.30 bits per heavy atom. The van der Waals surface area contributed by atoms with Gasteiger partial charge in [0, 0.05) is 37.5 Å². The summed E-state index contributed by atoms with van der Waals surface area (Å²) in [5, 5.41) is 4.13. The molecule has 1 amide bonds. The first-order chi connectivity index (χ1) is 13.1. The van der Waals surface area contributed by atoms with E-state index in [0.29, 0.717) is 18.5 Å². The zero-order valence-corrected chi connectivity index (χ0v) is 17.0. The van der Waals surface area contributed by atoms with Crippen molar-refractivity contribution in [3.8, 4) is 0 Å². The molecule has 7 nitrogen and oxygen atoms in total. The van der Waals surface area contributed by atoms with Gasteiger partial charge in [0.1, 0.15) is 10.6 Å². The summed E-state index contributed by atoms with van der Waals surface area (Å²) in [6, 6.07) is 2.20. The Morgan fingerprint density at radius 3 is 2.74 bits per heavy atom. The normalized spacial score (nSPS) is 19.6. The van der Waals surface area contributed by atoms with E-state index in [-0.39, 0.29) is 11.8 Å². The number of fused-ring (bicyclic) bond motifs is 1. The summed E-state index contributed by atoms with van der Waals surface area (Å²) in [6.45, 7) is 5.81. The smallest absolute Gasteiger partial charge is 0.225 e. The van der Waals surface area contributed by atoms with Crippen LogP contribution in [0.15, 0.2) is 6.07 Å². The number of thiophene rings is 1. The maximum atomic E-state index is 11.8. The second-order valence-corrected chi connectivity index (χ2v) is 8.47. The van der Waals surface area contributed by atoms with Crippen molar-refractivity contribution in [3.63, 3.8) is 0 Å². The van der Waals surface area contributed by atoms with Crippen LogP contribution in [0.4, 0.5) is 5.82 Å². The molecule has 0 atom stereocenters. The number of hydrogen-bond acceptors (Lipinski definition) is 7. The number of likely N-dealkylation sites (tertiary alicyclic amines) is 1. The number of rotatable bonds is 4. The largest absolute Gasteiger partial charge is 0.378 e. The van der Waals surface area contributed by atoms with Crippen molar-refractivity contribution in [2.75, 3.05) is 51.3 Å². The van der Waals surface area contributed by atoms with E-state index in [4.69, 9.17) is 16.3 Å². The van der Waals surface area contributed by atoms with Crippen LogP contribution in [0.2, 0.25) is 5.28 Å². The molecular formula is C18H24ClN5O2S. The van der Waals surface area contributed by atoms with Gasteiger partial charge in [-0.05, 0) is 43.6 Å². The standard InChI is InChI=1S/C18H24ClN5O2S/c1-20-16(25)12-2-4-23(5-3-12)11-13-10-14-15(24-6-8-26-9-7-24)21-18(19)22-17(14)27-13/h10,12H,2-9,11H2,1H3,(H,20,25). The van der Waals surface area contributed by atoms with E-state index >= 15 is 0 Å². The lowest BCUT2D eigenvalue weighted by atomic mass is 9.96. The number of piperidine rings is 1. The molecule has 0 unspecified atom stereocenters. The number of anilines is 1. The monoisotopic (exact) mass is 409 g/mol. The van der Waals surface area contributed by atoms with E-state index in [9.17, 15) is 4.79 Å². The van der Waals surface area contributed by atoms with Crippen LogP contribution < -0.4 is 10.2 Å². The highest BCUT2D eigenvalue weighted by atomic mass is 35.5. The van der Waals surface area contributed by atoms with Gasteiger partial charge in [0.15, 0.2) is 0 Å². The van der Waals surface area contributed by atoms with Gasteiger partial charge in [-0.25, -0.2) is 4.98 Å². The summed E-state index contributed by atoms with van der Waals surface area (Å²) in [5.74, 6) is 1.22. The number of hydrogen-bond donors (Lipinski definition) is 1. The molecule has 4 heterocycles. The van der Waals surface area contributed by atoms with Crippen LogP contribution in [0.25, 0.3) is 10.2 Å². The van der Waals surface area contributed by atoms with Crippen LogP contribution in [0, 0.1) is 5.92 Å². The summed E-state index contributed by atoms with van der Waals surface area (Å²) in [6.07, 6.45) is 1.82. The van der Waals surface area contributed by atoms with E-state index in [1.807, 2.05) is 0 Å². The van der Waals surface area contributed by atoms with Crippen LogP contribution >= 0.6 is 22.9 Å². The van der Waals surface area contributed by atoms with Crippen LogP contribution in [0.3, 0.4) is 0 Å². The highest BCUT2D eigenvalue weighted by Gasteiger charge is 2.25. The molecule has 2 aliphatic rings. The molecule has 0 spiro atoms. The number of morpholine rings is 1.